The molecule has 0 radical (unpaired) electrons. The summed E-state index contributed by atoms with van der Waals surface area (Å²) in [4.78, 5) is 7.06. The number of benzene rings is 1. The molecule has 0 bridgehead atoms. The number of pyridine rings is 1. The standard InChI is InChI=1S/C17H23N3/c1-5-20(15-9-7-6-8-10-15)17-16(12-18-4)13(2)11-14(3)19-17/h6-11,18H,5,12H2,1-4H3. The van der Waals surface area contributed by atoms with Gasteiger partial charge < -0.3 is 10.2 Å². The van der Waals surface area contributed by atoms with Gasteiger partial charge in [0.25, 0.3) is 0 Å². The van der Waals surface area contributed by atoms with E-state index in [0.717, 1.165) is 24.6 Å². The minimum absolute atomic E-state index is 0.831. The smallest absolute Gasteiger partial charge is 0.138 e. The maximum Gasteiger partial charge on any atom is 0.138 e. The van der Waals surface area contributed by atoms with E-state index in [2.05, 4.69) is 61.3 Å². The molecule has 0 amide bonds. The molecule has 0 spiro atoms. The second-order valence-electron chi connectivity index (χ2n) is 4.99. The maximum absolute atomic E-state index is 4.79. The average molecular weight is 269 g/mol. The van der Waals surface area contributed by atoms with Crippen LogP contribution in [0.5, 0.6) is 0 Å². The minimum Gasteiger partial charge on any atom is -0.326 e. The Morgan fingerprint density at radius 1 is 1.15 bits per heavy atom. The summed E-state index contributed by atoms with van der Waals surface area (Å²) < 4.78 is 0. The van der Waals surface area contributed by atoms with Crippen molar-refractivity contribution in [1.82, 2.24) is 10.3 Å². The molecule has 0 saturated heterocycles. The lowest BCUT2D eigenvalue weighted by atomic mass is 10.1. The van der Waals surface area contributed by atoms with Gasteiger partial charge in [-0.2, -0.15) is 0 Å². The third kappa shape index (κ3) is 2.99. The van der Waals surface area contributed by atoms with E-state index in [4.69, 9.17) is 4.98 Å². The van der Waals surface area contributed by atoms with Gasteiger partial charge in [0.15, 0.2) is 0 Å². The van der Waals surface area contributed by atoms with Gasteiger partial charge in [-0.1, -0.05) is 18.2 Å². The largest absolute Gasteiger partial charge is 0.326 e. The number of nitrogens with zero attached hydrogens (tertiary/aromatic N) is 2. The van der Waals surface area contributed by atoms with Crippen molar-refractivity contribution in [2.24, 2.45) is 0 Å². The van der Waals surface area contributed by atoms with E-state index in [-0.39, 0.29) is 0 Å². The van der Waals surface area contributed by atoms with Crippen LogP contribution in [-0.2, 0) is 6.54 Å². The van der Waals surface area contributed by atoms with E-state index in [0.29, 0.717) is 0 Å². The van der Waals surface area contributed by atoms with Gasteiger partial charge in [-0.3, -0.25) is 0 Å². The highest BCUT2D eigenvalue weighted by atomic mass is 15.2. The van der Waals surface area contributed by atoms with Gasteiger partial charge in [-0.15, -0.1) is 0 Å². The Balaban J connectivity index is 2.53. The highest BCUT2D eigenvalue weighted by molar-refractivity contribution is 5.64. The third-order valence-electron chi connectivity index (χ3n) is 3.45. The monoisotopic (exact) mass is 269 g/mol. The van der Waals surface area contributed by atoms with Crippen molar-refractivity contribution in [3.05, 3.63) is 53.2 Å². The van der Waals surface area contributed by atoms with Gasteiger partial charge in [-0.05, 0) is 51.6 Å². The molecule has 0 saturated carbocycles. The lowest BCUT2D eigenvalue weighted by molar-refractivity contribution is 0.797. The molecular weight excluding hydrogens is 246 g/mol. The van der Waals surface area contributed by atoms with Crippen LogP contribution >= 0.6 is 0 Å². The second kappa shape index (κ2) is 6.53. The first-order valence-electron chi connectivity index (χ1n) is 7.11. The molecule has 106 valence electrons. The quantitative estimate of drug-likeness (QED) is 0.899. The topological polar surface area (TPSA) is 28.2 Å². The predicted octanol–water partition coefficient (Wildman–Crippen LogP) is 3.58. The van der Waals surface area contributed by atoms with Crippen molar-refractivity contribution in [3.8, 4) is 0 Å². The summed E-state index contributed by atoms with van der Waals surface area (Å²) >= 11 is 0. The summed E-state index contributed by atoms with van der Waals surface area (Å²) in [5, 5.41) is 3.25. The summed E-state index contributed by atoms with van der Waals surface area (Å²) in [6.07, 6.45) is 0. The highest BCUT2D eigenvalue weighted by Gasteiger charge is 2.15. The molecule has 0 unspecified atom stereocenters. The van der Waals surface area contributed by atoms with Gasteiger partial charge in [0.2, 0.25) is 0 Å². The lowest BCUT2D eigenvalue weighted by Gasteiger charge is -2.26. The third-order valence-corrected chi connectivity index (χ3v) is 3.45. The molecule has 1 aromatic carbocycles. The van der Waals surface area contributed by atoms with Crippen LogP contribution in [0.3, 0.4) is 0 Å². The Labute approximate surface area is 121 Å². The van der Waals surface area contributed by atoms with E-state index in [1.807, 2.05) is 13.1 Å². The van der Waals surface area contributed by atoms with Crippen molar-refractivity contribution in [3.63, 3.8) is 0 Å². The highest BCUT2D eigenvalue weighted by Crippen LogP contribution is 2.28. The minimum atomic E-state index is 0.831. The van der Waals surface area contributed by atoms with Crippen LogP contribution in [0, 0.1) is 13.8 Å². The SMILES string of the molecule is CCN(c1ccccc1)c1nc(C)cc(C)c1CNC. The molecule has 2 rings (SSSR count). The average Bonchev–Trinajstić information content (AvgIpc) is 2.44. The lowest BCUT2D eigenvalue weighted by Crippen LogP contribution is -2.22. The Kier molecular flexibility index (Phi) is 4.74. The molecule has 0 aliphatic carbocycles. The molecule has 0 atom stereocenters. The zero-order valence-electron chi connectivity index (χ0n) is 12.8. The zero-order chi connectivity index (χ0) is 14.5. The molecule has 0 aliphatic rings. The van der Waals surface area contributed by atoms with Gasteiger partial charge in [0.1, 0.15) is 5.82 Å². The van der Waals surface area contributed by atoms with Crippen molar-refractivity contribution >= 4 is 11.5 Å². The fourth-order valence-electron chi connectivity index (χ4n) is 2.52. The molecule has 1 N–H and O–H groups in total. The zero-order valence-corrected chi connectivity index (χ0v) is 12.8. The van der Waals surface area contributed by atoms with Gasteiger partial charge >= 0.3 is 0 Å². The number of nitrogens with one attached hydrogen (secondary N) is 1. The predicted molar refractivity (Wildman–Crippen MR) is 85.6 cm³/mol. The molecule has 3 nitrogen and oxygen atoms in total. The molecule has 3 heteroatoms. The van der Waals surface area contributed by atoms with Crippen molar-refractivity contribution in [1.29, 1.82) is 0 Å². The number of anilines is 2. The number of aromatic nitrogens is 1. The summed E-state index contributed by atoms with van der Waals surface area (Å²) in [5.74, 6) is 1.06. The Hall–Kier alpha value is -1.87. The second-order valence-corrected chi connectivity index (χ2v) is 4.99. The number of aryl methyl sites for hydroxylation is 2. The number of hydrogen-bond acceptors (Lipinski definition) is 3. The van der Waals surface area contributed by atoms with Crippen LogP contribution in [0.25, 0.3) is 0 Å². The van der Waals surface area contributed by atoms with Crippen molar-refractivity contribution < 1.29 is 0 Å². The molecule has 0 fully saturated rings. The van der Waals surface area contributed by atoms with E-state index in [1.165, 1.54) is 16.8 Å². The normalized spacial score (nSPS) is 10.6. The van der Waals surface area contributed by atoms with E-state index >= 15 is 0 Å². The molecule has 1 heterocycles. The molecule has 20 heavy (non-hydrogen) atoms. The summed E-state index contributed by atoms with van der Waals surface area (Å²) in [6, 6.07) is 12.6. The van der Waals surface area contributed by atoms with E-state index in [9.17, 15) is 0 Å². The molecule has 1 aromatic heterocycles. The van der Waals surface area contributed by atoms with Crippen LogP contribution in [0.15, 0.2) is 36.4 Å². The van der Waals surface area contributed by atoms with Crippen LogP contribution < -0.4 is 10.2 Å². The fourth-order valence-corrected chi connectivity index (χ4v) is 2.52. The fraction of sp³-hybridized carbons (Fsp3) is 0.353. The van der Waals surface area contributed by atoms with Crippen molar-refractivity contribution in [2.75, 3.05) is 18.5 Å². The number of para-hydroxylation sites is 1. The first kappa shape index (κ1) is 14.5. The van der Waals surface area contributed by atoms with Gasteiger partial charge in [0, 0.05) is 30.0 Å². The van der Waals surface area contributed by atoms with Crippen molar-refractivity contribution in [2.45, 2.75) is 27.3 Å². The van der Waals surface area contributed by atoms with Crippen LogP contribution in [0.1, 0.15) is 23.7 Å². The van der Waals surface area contributed by atoms with Crippen LogP contribution in [0.2, 0.25) is 0 Å². The van der Waals surface area contributed by atoms with Crippen LogP contribution in [-0.4, -0.2) is 18.6 Å². The maximum atomic E-state index is 4.79. The summed E-state index contributed by atoms with van der Waals surface area (Å²) in [5.41, 5.74) is 4.80. The molecular formula is C17H23N3. The Morgan fingerprint density at radius 2 is 1.85 bits per heavy atom. The van der Waals surface area contributed by atoms with E-state index < -0.39 is 0 Å². The van der Waals surface area contributed by atoms with Crippen LogP contribution in [0.4, 0.5) is 11.5 Å². The first-order valence-corrected chi connectivity index (χ1v) is 7.11. The first-order chi connectivity index (χ1) is 9.67. The number of hydrogen-bond donors (Lipinski definition) is 1. The van der Waals surface area contributed by atoms with Gasteiger partial charge in [0.05, 0.1) is 0 Å². The Morgan fingerprint density at radius 3 is 2.45 bits per heavy atom. The van der Waals surface area contributed by atoms with Gasteiger partial charge in [-0.25, -0.2) is 4.98 Å². The number of rotatable bonds is 5. The Bertz CT molecular complexity index is 564. The van der Waals surface area contributed by atoms with E-state index in [1.54, 1.807) is 0 Å². The molecule has 0 aliphatic heterocycles. The summed E-state index contributed by atoms with van der Waals surface area (Å²) in [6.45, 7) is 8.10. The summed E-state index contributed by atoms with van der Waals surface area (Å²) in [7, 11) is 1.97. The molecule has 2 aromatic rings.